The number of aliphatic carboxylic acids is 1. The molecule has 10 heteroatoms. The number of carboxylic acids is 1. The molecule has 3 rings (SSSR count). The second-order valence-electron chi connectivity index (χ2n) is 5.79. The predicted molar refractivity (Wildman–Crippen MR) is 86.7 cm³/mol. The normalized spacial score (nSPS) is 25.2. The van der Waals surface area contributed by atoms with Gasteiger partial charge in [-0.1, -0.05) is 24.7 Å². The Bertz CT molecular complexity index is 819. The zero-order valence-corrected chi connectivity index (χ0v) is 13.8. The summed E-state index contributed by atoms with van der Waals surface area (Å²) in [5.74, 6) is -1.13. The number of nitrogens with zero attached hydrogens (tertiary/aromatic N) is 3. The number of fused-ring (bicyclic) bond motifs is 1. The van der Waals surface area contributed by atoms with Gasteiger partial charge in [0.1, 0.15) is 6.10 Å². The van der Waals surface area contributed by atoms with Crippen molar-refractivity contribution in [1.82, 2.24) is 14.5 Å². The Hall–Kier alpha value is -2.04. The summed E-state index contributed by atoms with van der Waals surface area (Å²) in [6, 6.07) is 0. The number of thiazole rings is 1. The molecule has 0 spiro atoms. The lowest BCUT2D eigenvalue weighted by Gasteiger charge is -2.21. The van der Waals surface area contributed by atoms with Crippen molar-refractivity contribution in [3.8, 4) is 0 Å². The molecule has 0 unspecified atom stereocenters. The van der Waals surface area contributed by atoms with Gasteiger partial charge in [-0.2, -0.15) is 4.98 Å². The lowest BCUT2D eigenvalue weighted by Crippen LogP contribution is -2.27. The van der Waals surface area contributed by atoms with Crippen molar-refractivity contribution in [3.05, 3.63) is 15.9 Å². The summed E-state index contributed by atoms with van der Waals surface area (Å²) >= 11 is 0.944. The van der Waals surface area contributed by atoms with Gasteiger partial charge in [-0.05, 0) is 5.92 Å². The average molecular weight is 354 g/mol. The van der Waals surface area contributed by atoms with Crippen LogP contribution in [0.1, 0.15) is 32.4 Å². The van der Waals surface area contributed by atoms with E-state index in [-0.39, 0.29) is 29.6 Å². The van der Waals surface area contributed by atoms with Gasteiger partial charge in [-0.25, -0.2) is 4.98 Å². The Kier molecular flexibility index (Phi) is 4.52. The first kappa shape index (κ1) is 16.8. The van der Waals surface area contributed by atoms with E-state index in [1.165, 1.54) is 10.8 Å². The zero-order chi connectivity index (χ0) is 17.4. The van der Waals surface area contributed by atoms with Crippen molar-refractivity contribution in [2.75, 3.05) is 5.73 Å². The fraction of sp³-hybridized carbons (Fsp3) is 0.571. The van der Waals surface area contributed by atoms with E-state index in [4.69, 9.17) is 15.6 Å². The molecule has 2 aromatic heterocycles. The van der Waals surface area contributed by atoms with E-state index in [0.717, 1.165) is 11.3 Å². The molecule has 4 atom stereocenters. The standard InChI is InChI=1S/C14H18N4O5S/c1-2-6(3-10(20)21)8-4-7(19)12(23-8)18-11-9(24-14(18)22)5-16-13(15)17-11/h5-8,12,19H,2-4H2,1H3,(H,20,21)(H2,15,16,17)/t6-,7+,8-,12+/m0/s1. The van der Waals surface area contributed by atoms with Crippen molar-refractivity contribution in [2.24, 2.45) is 5.92 Å². The van der Waals surface area contributed by atoms with Crippen molar-refractivity contribution in [3.63, 3.8) is 0 Å². The number of carboxylic acid groups (broad SMARTS) is 1. The van der Waals surface area contributed by atoms with Gasteiger partial charge in [0, 0.05) is 6.42 Å². The number of anilines is 1. The minimum Gasteiger partial charge on any atom is -0.481 e. The first-order valence-electron chi connectivity index (χ1n) is 7.59. The predicted octanol–water partition coefficient (Wildman–Crippen LogP) is 0.584. The topological polar surface area (TPSA) is 141 Å². The summed E-state index contributed by atoms with van der Waals surface area (Å²) in [7, 11) is 0. The molecule has 1 saturated heterocycles. The van der Waals surface area contributed by atoms with Gasteiger partial charge >= 0.3 is 10.8 Å². The molecule has 24 heavy (non-hydrogen) atoms. The number of rotatable bonds is 5. The highest BCUT2D eigenvalue weighted by atomic mass is 32.1. The van der Waals surface area contributed by atoms with E-state index in [1.54, 1.807) is 0 Å². The molecule has 0 aromatic carbocycles. The Labute approximate surface area is 140 Å². The number of hydrogen-bond donors (Lipinski definition) is 3. The summed E-state index contributed by atoms with van der Waals surface area (Å²) in [6.45, 7) is 1.87. The van der Waals surface area contributed by atoms with E-state index < -0.39 is 24.4 Å². The molecular formula is C14H18N4O5S. The van der Waals surface area contributed by atoms with Crippen LogP contribution in [0.4, 0.5) is 5.95 Å². The Balaban J connectivity index is 1.93. The fourth-order valence-corrected chi connectivity index (χ4v) is 3.87. The number of hydrogen-bond acceptors (Lipinski definition) is 8. The van der Waals surface area contributed by atoms with Crippen LogP contribution in [0, 0.1) is 5.92 Å². The summed E-state index contributed by atoms with van der Waals surface area (Å²) in [4.78, 5) is 30.9. The molecule has 130 valence electrons. The molecule has 0 saturated carbocycles. The van der Waals surface area contributed by atoms with Gasteiger partial charge in [0.05, 0.1) is 23.4 Å². The SMILES string of the molecule is CC[C@@H](CC(=O)O)[C@@H]1C[C@@H](O)[C@H](n2c(=O)sc3cnc(N)nc32)O1. The molecular weight excluding hydrogens is 336 g/mol. The van der Waals surface area contributed by atoms with Crippen LogP contribution in [0.25, 0.3) is 10.3 Å². The maximum atomic E-state index is 12.3. The van der Waals surface area contributed by atoms with Gasteiger partial charge in [0.25, 0.3) is 0 Å². The lowest BCUT2D eigenvalue weighted by atomic mass is 9.93. The largest absolute Gasteiger partial charge is 0.481 e. The average Bonchev–Trinajstić information content (AvgIpc) is 3.03. The molecule has 1 aliphatic rings. The van der Waals surface area contributed by atoms with Gasteiger partial charge in [-0.3, -0.25) is 14.2 Å². The molecule has 4 N–H and O–H groups in total. The van der Waals surface area contributed by atoms with E-state index in [0.29, 0.717) is 16.8 Å². The minimum absolute atomic E-state index is 0.0235. The van der Waals surface area contributed by atoms with Crippen molar-refractivity contribution >= 4 is 33.6 Å². The van der Waals surface area contributed by atoms with Crippen LogP contribution in [-0.4, -0.2) is 42.9 Å². The molecule has 0 amide bonds. The number of carbonyl (C=O) groups is 1. The monoisotopic (exact) mass is 354 g/mol. The number of nitrogen functional groups attached to an aromatic ring is 1. The molecule has 0 radical (unpaired) electrons. The van der Waals surface area contributed by atoms with Crippen LogP contribution in [0.3, 0.4) is 0 Å². The third kappa shape index (κ3) is 2.99. The minimum atomic E-state index is -0.926. The van der Waals surface area contributed by atoms with Crippen LogP contribution < -0.4 is 10.6 Å². The van der Waals surface area contributed by atoms with Crippen LogP contribution in [0.2, 0.25) is 0 Å². The second-order valence-corrected chi connectivity index (χ2v) is 6.78. The van der Waals surface area contributed by atoms with E-state index >= 15 is 0 Å². The summed E-state index contributed by atoms with van der Waals surface area (Å²) < 4.78 is 7.68. The second kappa shape index (κ2) is 6.46. The van der Waals surface area contributed by atoms with Gasteiger partial charge in [0.15, 0.2) is 11.9 Å². The Morgan fingerprint density at radius 2 is 2.38 bits per heavy atom. The highest BCUT2D eigenvalue weighted by Crippen LogP contribution is 2.36. The third-order valence-electron chi connectivity index (χ3n) is 4.24. The van der Waals surface area contributed by atoms with Crippen LogP contribution >= 0.6 is 11.3 Å². The number of nitrogens with two attached hydrogens (primary N) is 1. The van der Waals surface area contributed by atoms with E-state index in [1.807, 2.05) is 6.92 Å². The van der Waals surface area contributed by atoms with Crippen LogP contribution in [0.15, 0.2) is 11.0 Å². The smallest absolute Gasteiger partial charge is 0.311 e. The Morgan fingerprint density at radius 1 is 1.62 bits per heavy atom. The van der Waals surface area contributed by atoms with Gasteiger partial charge in [-0.15, -0.1) is 0 Å². The molecule has 2 aromatic rings. The number of aliphatic hydroxyl groups is 1. The first-order valence-corrected chi connectivity index (χ1v) is 8.41. The van der Waals surface area contributed by atoms with E-state index in [9.17, 15) is 14.7 Å². The number of aromatic nitrogens is 3. The zero-order valence-electron chi connectivity index (χ0n) is 13.0. The lowest BCUT2D eigenvalue weighted by molar-refractivity contribution is -0.140. The molecule has 1 fully saturated rings. The summed E-state index contributed by atoms with van der Waals surface area (Å²) in [5, 5.41) is 19.4. The van der Waals surface area contributed by atoms with Crippen LogP contribution in [-0.2, 0) is 9.53 Å². The molecule has 0 aliphatic carbocycles. The molecule has 0 bridgehead atoms. The maximum Gasteiger partial charge on any atom is 0.311 e. The number of aliphatic hydroxyl groups excluding tert-OH is 1. The van der Waals surface area contributed by atoms with Crippen molar-refractivity contribution in [2.45, 2.75) is 44.6 Å². The van der Waals surface area contributed by atoms with Gasteiger partial charge in [0.2, 0.25) is 5.95 Å². The number of ether oxygens (including phenoxy) is 1. The summed E-state index contributed by atoms with van der Waals surface area (Å²) in [6.07, 6.45) is 0.00364. The summed E-state index contributed by atoms with van der Waals surface area (Å²) in [5.41, 5.74) is 5.90. The van der Waals surface area contributed by atoms with Crippen molar-refractivity contribution < 1.29 is 19.7 Å². The van der Waals surface area contributed by atoms with E-state index in [2.05, 4.69) is 9.97 Å². The fourth-order valence-electron chi connectivity index (χ4n) is 3.05. The van der Waals surface area contributed by atoms with Crippen molar-refractivity contribution in [1.29, 1.82) is 0 Å². The first-order chi connectivity index (χ1) is 11.4. The van der Waals surface area contributed by atoms with Crippen LogP contribution in [0.5, 0.6) is 0 Å². The highest BCUT2D eigenvalue weighted by molar-refractivity contribution is 7.16. The third-order valence-corrected chi connectivity index (χ3v) is 5.11. The Morgan fingerprint density at radius 3 is 3.04 bits per heavy atom. The maximum absolute atomic E-state index is 12.3. The molecule has 9 nitrogen and oxygen atoms in total. The highest BCUT2D eigenvalue weighted by Gasteiger charge is 2.40. The van der Waals surface area contributed by atoms with Gasteiger partial charge < -0.3 is 20.7 Å². The molecule has 1 aliphatic heterocycles. The quantitative estimate of drug-likeness (QED) is 0.708. The molecule has 3 heterocycles.